The standard InChI is InChI=1S/C14H30N2O2S/c1-12(2)15-8-6-10-19(17,18)16-9-7-13(11-16)14(3,4)5/h12-13,15H,6-11H2,1-5H3. The third-order valence-electron chi connectivity index (χ3n) is 3.90. The van der Waals surface area contributed by atoms with E-state index in [1.54, 1.807) is 4.31 Å². The minimum atomic E-state index is -3.06. The fourth-order valence-electron chi connectivity index (χ4n) is 2.46. The van der Waals surface area contributed by atoms with E-state index in [0.29, 0.717) is 31.5 Å². The van der Waals surface area contributed by atoms with Gasteiger partial charge < -0.3 is 5.32 Å². The first-order chi connectivity index (χ1) is 8.63. The molecule has 0 spiro atoms. The number of sulfonamides is 1. The summed E-state index contributed by atoms with van der Waals surface area (Å²) in [5.41, 5.74) is 0.198. The third kappa shape index (κ3) is 5.40. The van der Waals surface area contributed by atoms with Crippen LogP contribution in [0, 0.1) is 11.3 Å². The minimum Gasteiger partial charge on any atom is -0.314 e. The Labute approximate surface area is 119 Å². The second kappa shape index (κ2) is 6.55. The first kappa shape index (κ1) is 16.9. The zero-order chi connectivity index (χ0) is 14.7. The Kier molecular flexibility index (Phi) is 5.83. The van der Waals surface area contributed by atoms with Crippen LogP contribution in [0.25, 0.3) is 0 Å². The molecule has 114 valence electrons. The molecule has 0 aromatic heterocycles. The van der Waals surface area contributed by atoms with Crippen molar-refractivity contribution in [2.75, 3.05) is 25.4 Å². The van der Waals surface area contributed by atoms with Crippen LogP contribution in [0.2, 0.25) is 0 Å². The van der Waals surface area contributed by atoms with Crippen LogP contribution in [0.3, 0.4) is 0 Å². The summed E-state index contributed by atoms with van der Waals surface area (Å²) >= 11 is 0. The predicted octanol–water partition coefficient (Wildman–Crippen LogP) is 2.07. The molecule has 1 saturated heterocycles. The fourth-order valence-corrected chi connectivity index (χ4v) is 4.02. The SMILES string of the molecule is CC(C)NCCCS(=O)(=O)N1CCC(C(C)(C)C)C1. The highest BCUT2D eigenvalue weighted by molar-refractivity contribution is 7.89. The molecule has 0 saturated carbocycles. The minimum absolute atomic E-state index is 0.198. The molecule has 1 heterocycles. The van der Waals surface area contributed by atoms with Crippen molar-refractivity contribution in [3.8, 4) is 0 Å². The van der Waals surface area contributed by atoms with Gasteiger partial charge in [-0.15, -0.1) is 0 Å². The summed E-state index contributed by atoms with van der Waals surface area (Å²) in [5, 5.41) is 3.26. The van der Waals surface area contributed by atoms with Crippen molar-refractivity contribution in [1.29, 1.82) is 0 Å². The quantitative estimate of drug-likeness (QED) is 0.762. The van der Waals surface area contributed by atoms with Gasteiger partial charge in [0, 0.05) is 19.1 Å². The summed E-state index contributed by atoms with van der Waals surface area (Å²) in [6.07, 6.45) is 1.68. The summed E-state index contributed by atoms with van der Waals surface area (Å²) in [5.74, 6) is 0.750. The number of rotatable bonds is 6. The van der Waals surface area contributed by atoms with E-state index in [-0.39, 0.29) is 11.2 Å². The molecule has 1 aliphatic heterocycles. The Bertz CT molecular complexity index is 371. The fraction of sp³-hybridized carbons (Fsp3) is 1.00. The van der Waals surface area contributed by atoms with Gasteiger partial charge in [0.05, 0.1) is 5.75 Å². The Morgan fingerprint density at radius 2 is 1.95 bits per heavy atom. The normalized spacial score (nSPS) is 22.3. The maximum absolute atomic E-state index is 12.2. The van der Waals surface area contributed by atoms with E-state index in [4.69, 9.17) is 0 Å². The number of hydrogen-bond donors (Lipinski definition) is 1. The van der Waals surface area contributed by atoms with Gasteiger partial charge in [-0.3, -0.25) is 0 Å². The number of nitrogens with zero attached hydrogens (tertiary/aromatic N) is 1. The molecule has 1 aliphatic rings. The molecular weight excluding hydrogens is 260 g/mol. The average Bonchev–Trinajstić information content (AvgIpc) is 2.73. The molecule has 0 aromatic carbocycles. The average molecular weight is 290 g/mol. The molecule has 19 heavy (non-hydrogen) atoms. The van der Waals surface area contributed by atoms with E-state index in [2.05, 4.69) is 39.9 Å². The van der Waals surface area contributed by atoms with Crippen LogP contribution in [0.5, 0.6) is 0 Å². The van der Waals surface area contributed by atoms with Crippen molar-refractivity contribution in [2.45, 2.75) is 53.5 Å². The van der Waals surface area contributed by atoms with Crippen molar-refractivity contribution < 1.29 is 8.42 Å². The molecule has 1 N–H and O–H groups in total. The number of nitrogens with one attached hydrogen (secondary N) is 1. The number of hydrogen-bond acceptors (Lipinski definition) is 3. The Balaban J connectivity index is 2.42. The maximum Gasteiger partial charge on any atom is 0.214 e. The highest BCUT2D eigenvalue weighted by atomic mass is 32.2. The van der Waals surface area contributed by atoms with Crippen molar-refractivity contribution in [2.24, 2.45) is 11.3 Å². The molecule has 0 bridgehead atoms. The highest BCUT2D eigenvalue weighted by Crippen LogP contribution is 2.34. The molecule has 0 aliphatic carbocycles. The van der Waals surface area contributed by atoms with Crippen LogP contribution in [0.15, 0.2) is 0 Å². The zero-order valence-electron chi connectivity index (χ0n) is 13.1. The zero-order valence-corrected chi connectivity index (χ0v) is 13.9. The monoisotopic (exact) mass is 290 g/mol. The molecular formula is C14H30N2O2S. The Morgan fingerprint density at radius 3 is 2.42 bits per heavy atom. The molecule has 1 rings (SSSR count). The second-order valence-electron chi connectivity index (χ2n) is 6.99. The van der Waals surface area contributed by atoms with E-state index in [1.165, 1.54) is 0 Å². The molecule has 5 heteroatoms. The smallest absolute Gasteiger partial charge is 0.214 e. The summed E-state index contributed by atoms with van der Waals surface area (Å²) < 4.78 is 26.2. The van der Waals surface area contributed by atoms with Gasteiger partial charge in [0.2, 0.25) is 10.0 Å². The van der Waals surface area contributed by atoms with Gasteiger partial charge in [-0.1, -0.05) is 34.6 Å². The second-order valence-corrected chi connectivity index (χ2v) is 9.08. The lowest BCUT2D eigenvalue weighted by molar-refractivity contribution is 0.252. The van der Waals surface area contributed by atoms with Crippen LogP contribution < -0.4 is 5.32 Å². The summed E-state index contributed by atoms with van der Waals surface area (Å²) in [4.78, 5) is 0. The Hall–Kier alpha value is -0.130. The first-order valence-electron chi connectivity index (χ1n) is 7.34. The largest absolute Gasteiger partial charge is 0.314 e. The van der Waals surface area contributed by atoms with E-state index in [1.807, 2.05) is 0 Å². The van der Waals surface area contributed by atoms with Crippen molar-refractivity contribution in [3.63, 3.8) is 0 Å². The topological polar surface area (TPSA) is 49.4 Å². The van der Waals surface area contributed by atoms with Gasteiger partial charge in [0.15, 0.2) is 0 Å². The highest BCUT2D eigenvalue weighted by Gasteiger charge is 2.36. The molecule has 0 radical (unpaired) electrons. The first-order valence-corrected chi connectivity index (χ1v) is 8.95. The third-order valence-corrected chi connectivity index (χ3v) is 5.82. The van der Waals surface area contributed by atoms with Gasteiger partial charge in [0.1, 0.15) is 0 Å². The van der Waals surface area contributed by atoms with Gasteiger partial charge in [-0.05, 0) is 30.7 Å². The maximum atomic E-state index is 12.2. The summed E-state index contributed by atoms with van der Waals surface area (Å²) in [7, 11) is -3.06. The lowest BCUT2D eigenvalue weighted by Gasteiger charge is -2.26. The van der Waals surface area contributed by atoms with Crippen molar-refractivity contribution >= 4 is 10.0 Å². The van der Waals surface area contributed by atoms with Crippen LogP contribution in [0.4, 0.5) is 0 Å². The van der Waals surface area contributed by atoms with Gasteiger partial charge >= 0.3 is 0 Å². The van der Waals surface area contributed by atoms with E-state index >= 15 is 0 Å². The van der Waals surface area contributed by atoms with Crippen LogP contribution in [-0.2, 0) is 10.0 Å². The molecule has 1 fully saturated rings. The lowest BCUT2D eigenvalue weighted by Crippen LogP contribution is -2.34. The van der Waals surface area contributed by atoms with Crippen LogP contribution in [0.1, 0.15) is 47.5 Å². The lowest BCUT2D eigenvalue weighted by atomic mass is 9.80. The van der Waals surface area contributed by atoms with Gasteiger partial charge in [0.25, 0.3) is 0 Å². The van der Waals surface area contributed by atoms with Gasteiger partial charge in [-0.2, -0.15) is 0 Å². The van der Waals surface area contributed by atoms with E-state index in [9.17, 15) is 8.42 Å². The molecule has 1 atom stereocenters. The van der Waals surface area contributed by atoms with Crippen molar-refractivity contribution in [3.05, 3.63) is 0 Å². The van der Waals surface area contributed by atoms with Crippen LogP contribution >= 0.6 is 0 Å². The van der Waals surface area contributed by atoms with Gasteiger partial charge in [-0.25, -0.2) is 12.7 Å². The molecule has 0 amide bonds. The summed E-state index contributed by atoms with van der Waals surface area (Å²) in [6.45, 7) is 12.9. The van der Waals surface area contributed by atoms with E-state index < -0.39 is 10.0 Å². The van der Waals surface area contributed by atoms with Crippen LogP contribution in [-0.4, -0.2) is 44.2 Å². The molecule has 0 aromatic rings. The molecule has 1 unspecified atom stereocenters. The van der Waals surface area contributed by atoms with Crippen molar-refractivity contribution in [1.82, 2.24) is 9.62 Å². The Morgan fingerprint density at radius 1 is 1.32 bits per heavy atom. The molecule has 4 nitrogen and oxygen atoms in total. The van der Waals surface area contributed by atoms with E-state index in [0.717, 1.165) is 13.0 Å². The summed E-state index contributed by atoms with van der Waals surface area (Å²) in [6, 6.07) is 0.416. The predicted molar refractivity (Wildman–Crippen MR) is 80.7 cm³/mol.